The van der Waals surface area contributed by atoms with Crippen molar-refractivity contribution in [1.29, 1.82) is 0 Å². The fraction of sp³-hybridized carbons (Fsp3) is 0.778. The number of halogens is 1. The zero-order valence-electron chi connectivity index (χ0n) is 7.73. The first-order valence-electron chi connectivity index (χ1n) is 4.46. The summed E-state index contributed by atoms with van der Waals surface area (Å²) in [5.74, 6) is 0.00205. The highest BCUT2D eigenvalue weighted by molar-refractivity contribution is 14.1. The highest BCUT2D eigenvalue weighted by Crippen LogP contribution is 2.21. The van der Waals surface area contributed by atoms with Crippen LogP contribution in [0.15, 0.2) is 10.2 Å². The van der Waals surface area contributed by atoms with Crippen molar-refractivity contribution in [1.82, 2.24) is 4.90 Å². The van der Waals surface area contributed by atoms with Crippen molar-refractivity contribution in [3.05, 3.63) is 10.2 Å². The van der Waals surface area contributed by atoms with Crippen molar-refractivity contribution in [2.24, 2.45) is 5.92 Å². The summed E-state index contributed by atoms with van der Waals surface area (Å²) >= 11 is 2.08. The molecule has 3 nitrogen and oxygen atoms in total. The lowest BCUT2D eigenvalue weighted by Gasteiger charge is -2.35. The summed E-state index contributed by atoms with van der Waals surface area (Å²) in [5.41, 5.74) is 0. The molecule has 0 saturated carbocycles. The minimum absolute atomic E-state index is 0.00205. The van der Waals surface area contributed by atoms with Crippen molar-refractivity contribution in [3.63, 3.8) is 0 Å². The normalized spacial score (nSPS) is 33.8. The third-order valence-electron chi connectivity index (χ3n) is 2.55. The molecule has 1 aliphatic rings. The molecular formula is C9H16INO2. The van der Waals surface area contributed by atoms with E-state index in [2.05, 4.69) is 27.5 Å². The lowest BCUT2D eigenvalue weighted by molar-refractivity contribution is -0.0162. The third kappa shape index (κ3) is 3.19. The second-order valence-corrected chi connectivity index (χ2v) is 4.31. The molecule has 3 atom stereocenters. The molecule has 0 bridgehead atoms. The molecule has 0 amide bonds. The molecule has 1 saturated heterocycles. The first-order valence-corrected chi connectivity index (χ1v) is 5.71. The Morgan fingerprint density at radius 1 is 1.62 bits per heavy atom. The average Bonchev–Trinajstić information content (AvgIpc) is 2.04. The van der Waals surface area contributed by atoms with Crippen LogP contribution in [0.1, 0.15) is 6.42 Å². The predicted octanol–water partition coefficient (Wildman–Crippen LogP) is 0.609. The SMILES string of the molecule is CN1CCC(C(O)/C=C/I)C(O)C1. The first kappa shape index (κ1) is 11.4. The topological polar surface area (TPSA) is 43.7 Å². The van der Waals surface area contributed by atoms with Crippen molar-refractivity contribution in [2.75, 3.05) is 20.1 Å². The predicted molar refractivity (Wildman–Crippen MR) is 60.8 cm³/mol. The van der Waals surface area contributed by atoms with Crippen LogP contribution in [0.3, 0.4) is 0 Å². The van der Waals surface area contributed by atoms with E-state index in [0.29, 0.717) is 6.54 Å². The molecule has 0 radical (unpaired) electrons. The molecule has 0 aliphatic carbocycles. The number of hydrogen-bond acceptors (Lipinski definition) is 3. The van der Waals surface area contributed by atoms with Gasteiger partial charge in [0, 0.05) is 12.5 Å². The number of likely N-dealkylation sites (tertiary alicyclic amines) is 1. The van der Waals surface area contributed by atoms with E-state index in [-0.39, 0.29) is 5.92 Å². The van der Waals surface area contributed by atoms with Crippen molar-refractivity contribution in [3.8, 4) is 0 Å². The van der Waals surface area contributed by atoms with Gasteiger partial charge in [0.05, 0.1) is 12.2 Å². The summed E-state index contributed by atoms with van der Waals surface area (Å²) in [6.07, 6.45) is 1.70. The monoisotopic (exact) mass is 297 g/mol. The summed E-state index contributed by atoms with van der Waals surface area (Å²) in [6.45, 7) is 1.62. The molecule has 76 valence electrons. The van der Waals surface area contributed by atoms with Crippen LogP contribution < -0.4 is 0 Å². The Bertz CT molecular complexity index is 186. The van der Waals surface area contributed by atoms with Crippen LogP contribution in [0.2, 0.25) is 0 Å². The lowest BCUT2D eigenvalue weighted by Crippen LogP contribution is -2.45. The molecule has 1 aliphatic heterocycles. The molecule has 3 unspecified atom stereocenters. The van der Waals surface area contributed by atoms with Gasteiger partial charge in [-0.05, 0) is 30.2 Å². The fourth-order valence-electron chi connectivity index (χ4n) is 1.72. The molecule has 0 aromatic rings. The zero-order chi connectivity index (χ0) is 9.84. The maximum Gasteiger partial charge on any atom is 0.0782 e. The number of β-amino-alcohol motifs (C(OH)–C–C–N with tert-alkyl or cyclic N) is 1. The standard InChI is InChI=1S/C9H16INO2/c1-11-5-3-7(9(13)6-11)8(12)2-4-10/h2,4,7-9,12-13H,3,5-6H2,1H3/b4-2+. The number of aliphatic hydroxyl groups excluding tert-OH is 2. The molecule has 1 fully saturated rings. The lowest BCUT2D eigenvalue weighted by atomic mass is 9.89. The second kappa shape index (κ2) is 5.29. The summed E-state index contributed by atoms with van der Waals surface area (Å²) < 4.78 is 1.80. The zero-order valence-corrected chi connectivity index (χ0v) is 9.89. The maximum absolute atomic E-state index is 9.70. The number of hydrogen-bond donors (Lipinski definition) is 2. The molecule has 0 aromatic carbocycles. The van der Waals surface area contributed by atoms with E-state index in [9.17, 15) is 10.2 Å². The van der Waals surface area contributed by atoms with Gasteiger partial charge in [-0.2, -0.15) is 0 Å². The van der Waals surface area contributed by atoms with Crippen LogP contribution in [0.4, 0.5) is 0 Å². The van der Waals surface area contributed by atoms with Crippen molar-refractivity contribution >= 4 is 22.6 Å². The third-order valence-corrected chi connectivity index (χ3v) is 2.96. The van der Waals surface area contributed by atoms with Crippen LogP contribution in [0.5, 0.6) is 0 Å². The van der Waals surface area contributed by atoms with Gasteiger partial charge >= 0.3 is 0 Å². The maximum atomic E-state index is 9.70. The largest absolute Gasteiger partial charge is 0.391 e. The molecule has 13 heavy (non-hydrogen) atoms. The quantitative estimate of drug-likeness (QED) is 0.734. The molecule has 2 N–H and O–H groups in total. The van der Waals surface area contributed by atoms with E-state index in [1.165, 1.54) is 0 Å². The van der Waals surface area contributed by atoms with Gasteiger partial charge in [0.25, 0.3) is 0 Å². The van der Waals surface area contributed by atoms with Crippen LogP contribution in [0, 0.1) is 5.92 Å². The van der Waals surface area contributed by atoms with Gasteiger partial charge in [-0.15, -0.1) is 0 Å². The van der Waals surface area contributed by atoms with Gasteiger partial charge in [0.1, 0.15) is 0 Å². The van der Waals surface area contributed by atoms with Crippen molar-refractivity contribution < 1.29 is 10.2 Å². The number of likely N-dealkylation sites (N-methyl/N-ethyl adjacent to an activating group) is 1. The molecule has 4 heteroatoms. The number of nitrogens with zero attached hydrogens (tertiary/aromatic N) is 1. The molecule has 1 heterocycles. The van der Waals surface area contributed by atoms with E-state index in [1.807, 2.05) is 7.05 Å². The molecule has 1 rings (SSSR count). The number of rotatable bonds is 2. The highest BCUT2D eigenvalue weighted by atomic mass is 127. The van der Waals surface area contributed by atoms with Crippen molar-refractivity contribution in [2.45, 2.75) is 18.6 Å². The van der Waals surface area contributed by atoms with Crippen LogP contribution in [-0.2, 0) is 0 Å². The Morgan fingerprint density at radius 2 is 2.31 bits per heavy atom. The van der Waals surface area contributed by atoms with Crippen LogP contribution in [0.25, 0.3) is 0 Å². The minimum Gasteiger partial charge on any atom is -0.391 e. The molecular weight excluding hydrogens is 281 g/mol. The Labute approximate surface area is 92.6 Å². The Balaban J connectivity index is 2.50. The molecule has 0 aromatic heterocycles. The minimum atomic E-state index is -0.499. The van der Waals surface area contributed by atoms with Gasteiger partial charge in [0.15, 0.2) is 0 Å². The first-order chi connectivity index (χ1) is 6.15. The summed E-state index contributed by atoms with van der Waals surface area (Å²) in [6, 6.07) is 0. The van der Waals surface area contributed by atoms with Gasteiger partial charge in [-0.1, -0.05) is 22.6 Å². The van der Waals surface area contributed by atoms with Gasteiger partial charge in [-0.3, -0.25) is 0 Å². The number of piperidine rings is 1. The van der Waals surface area contributed by atoms with E-state index in [4.69, 9.17) is 0 Å². The van der Waals surface area contributed by atoms with Gasteiger partial charge in [-0.25, -0.2) is 0 Å². The Kier molecular flexibility index (Phi) is 4.64. The summed E-state index contributed by atoms with van der Waals surface area (Å²) in [4.78, 5) is 2.08. The second-order valence-electron chi connectivity index (χ2n) is 3.59. The van der Waals surface area contributed by atoms with E-state index < -0.39 is 12.2 Å². The average molecular weight is 297 g/mol. The van der Waals surface area contributed by atoms with Crippen LogP contribution >= 0.6 is 22.6 Å². The highest BCUT2D eigenvalue weighted by Gasteiger charge is 2.29. The summed E-state index contributed by atoms with van der Waals surface area (Å²) in [5, 5.41) is 19.4. The molecule has 0 spiro atoms. The van der Waals surface area contributed by atoms with E-state index in [1.54, 1.807) is 10.2 Å². The van der Waals surface area contributed by atoms with E-state index in [0.717, 1.165) is 13.0 Å². The Morgan fingerprint density at radius 3 is 2.85 bits per heavy atom. The number of aliphatic hydroxyl groups is 2. The Hall–Kier alpha value is 0.350. The smallest absolute Gasteiger partial charge is 0.0782 e. The van der Waals surface area contributed by atoms with Gasteiger partial charge < -0.3 is 15.1 Å². The van der Waals surface area contributed by atoms with Crippen LogP contribution in [-0.4, -0.2) is 47.5 Å². The summed E-state index contributed by atoms with van der Waals surface area (Å²) in [7, 11) is 1.99. The van der Waals surface area contributed by atoms with E-state index >= 15 is 0 Å². The fourth-order valence-corrected chi connectivity index (χ4v) is 2.15. The van der Waals surface area contributed by atoms with Gasteiger partial charge in [0.2, 0.25) is 0 Å².